The van der Waals surface area contributed by atoms with Crippen LogP contribution in [0, 0.1) is 5.82 Å². The van der Waals surface area contributed by atoms with Crippen LogP contribution in [0.3, 0.4) is 0 Å². The lowest BCUT2D eigenvalue weighted by atomic mass is 10.1. The van der Waals surface area contributed by atoms with E-state index < -0.39 is 10.0 Å². The van der Waals surface area contributed by atoms with Crippen LogP contribution < -0.4 is 4.72 Å². The molecule has 0 aliphatic heterocycles. The fourth-order valence-corrected chi connectivity index (χ4v) is 3.81. The molecule has 0 bridgehead atoms. The maximum absolute atomic E-state index is 12.7. The Morgan fingerprint density at radius 3 is 2.55 bits per heavy atom. The zero-order valence-electron chi connectivity index (χ0n) is 10.5. The molecule has 0 saturated carbocycles. The van der Waals surface area contributed by atoms with Gasteiger partial charge in [0, 0.05) is 16.8 Å². The van der Waals surface area contributed by atoms with Gasteiger partial charge in [-0.05, 0) is 30.2 Å². The van der Waals surface area contributed by atoms with E-state index in [9.17, 15) is 12.8 Å². The fraction of sp³-hybridized carbons (Fsp3) is 0.231. The first kappa shape index (κ1) is 15.1. The molecule has 1 heterocycles. The molecule has 0 amide bonds. The number of sulfonamides is 1. The summed E-state index contributed by atoms with van der Waals surface area (Å²) in [6, 6.07) is 7.38. The Morgan fingerprint density at radius 1 is 1.25 bits per heavy atom. The Hall–Kier alpha value is -1.28. The highest BCUT2D eigenvalue weighted by atomic mass is 32.2. The fourth-order valence-electron chi connectivity index (χ4n) is 1.65. The maximum atomic E-state index is 12.7. The summed E-state index contributed by atoms with van der Waals surface area (Å²) in [5.41, 5.74) is 0.857. The lowest BCUT2D eigenvalue weighted by Gasteiger charge is -2.05. The van der Waals surface area contributed by atoms with Gasteiger partial charge < -0.3 is 5.11 Å². The van der Waals surface area contributed by atoms with Gasteiger partial charge in [-0.25, -0.2) is 17.5 Å². The second-order valence-corrected chi connectivity index (χ2v) is 6.94. The molecular formula is C13H14FNO3S2. The Balaban J connectivity index is 1.94. The van der Waals surface area contributed by atoms with Crippen LogP contribution in [0.25, 0.3) is 0 Å². The third-order valence-electron chi connectivity index (χ3n) is 2.71. The summed E-state index contributed by atoms with van der Waals surface area (Å²) in [6.45, 7) is 0.0635. The molecule has 0 aliphatic rings. The van der Waals surface area contributed by atoms with E-state index >= 15 is 0 Å². The molecule has 7 heteroatoms. The van der Waals surface area contributed by atoms with Crippen molar-refractivity contribution in [3.8, 4) is 0 Å². The van der Waals surface area contributed by atoms with E-state index in [4.69, 9.17) is 5.11 Å². The van der Waals surface area contributed by atoms with Gasteiger partial charge in [0.25, 0.3) is 0 Å². The van der Waals surface area contributed by atoms with Gasteiger partial charge in [-0.1, -0.05) is 12.1 Å². The zero-order valence-corrected chi connectivity index (χ0v) is 12.2. The molecule has 2 rings (SSSR count). The largest absolute Gasteiger partial charge is 0.391 e. The molecule has 0 radical (unpaired) electrons. The van der Waals surface area contributed by atoms with Gasteiger partial charge in [0.05, 0.1) is 11.5 Å². The smallest absolute Gasteiger partial charge is 0.241 e. The lowest BCUT2D eigenvalue weighted by Crippen LogP contribution is -2.25. The van der Waals surface area contributed by atoms with Crippen molar-refractivity contribution >= 4 is 21.4 Å². The first-order chi connectivity index (χ1) is 9.51. The minimum absolute atomic E-state index is 0.158. The predicted molar refractivity (Wildman–Crippen MR) is 75.5 cm³/mol. The molecule has 0 saturated heterocycles. The van der Waals surface area contributed by atoms with Gasteiger partial charge in [0.1, 0.15) is 5.82 Å². The molecule has 2 aromatic rings. The molecule has 108 valence electrons. The highest BCUT2D eigenvalue weighted by Gasteiger charge is 2.15. The van der Waals surface area contributed by atoms with Gasteiger partial charge in [-0.2, -0.15) is 0 Å². The number of aliphatic hydroxyl groups excluding tert-OH is 1. The van der Waals surface area contributed by atoms with Gasteiger partial charge in [0.2, 0.25) is 10.0 Å². The Labute approximate surface area is 120 Å². The van der Waals surface area contributed by atoms with Crippen molar-refractivity contribution in [1.29, 1.82) is 0 Å². The second kappa shape index (κ2) is 6.45. The predicted octanol–water partition coefficient (Wildman–Crippen LogP) is 1.90. The Morgan fingerprint density at radius 2 is 1.95 bits per heavy atom. The number of hydrogen-bond donors (Lipinski definition) is 2. The van der Waals surface area contributed by atoms with Crippen molar-refractivity contribution in [2.75, 3.05) is 6.54 Å². The number of benzene rings is 1. The van der Waals surface area contributed by atoms with E-state index in [1.165, 1.54) is 34.9 Å². The summed E-state index contributed by atoms with van der Waals surface area (Å²) in [5, 5.41) is 10.4. The number of hydrogen-bond acceptors (Lipinski definition) is 4. The van der Waals surface area contributed by atoms with Crippen molar-refractivity contribution in [1.82, 2.24) is 4.72 Å². The van der Waals surface area contributed by atoms with E-state index in [0.717, 1.165) is 5.56 Å². The lowest BCUT2D eigenvalue weighted by molar-refractivity contribution is 0.285. The van der Waals surface area contributed by atoms with Crippen LogP contribution in [-0.2, 0) is 23.1 Å². The summed E-state index contributed by atoms with van der Waals surface area (Å²) >= 11 is 1.20. The minimum Gasteiger partial charge on any atom is -0.391 e. The van der Waals surface area contributed by atoms with E-state index in [0.29, 0.717) is 11.3 Å². The van der Waals surface area contributed by atoms with Crippen molar-refractivity contribution in [2.24, 2.45) is 0 Å². The van der Waals surface area contributed by atoms with E-state index in [-0.39, 0.29) is 23.9 Å². The van der Waals surface area contributed by atoms with E-state index in [2.05, 4.69) is 4.72 Å². The summed E-state index contributed by atoms with van der Waals surface area (Å²) in [7, 11) is -3.55. The molecule has 0 fully saturated rings. The average Bonchev–Trinajstić information content (AvgIpc) is 2.90. The number of thiophene rings is 1. The van der Waals surface area contributed by atoms with Gasteiger partial charge in [-0.15, -0.1) is 11.3 Å². The topological polar surface area (TPSA) is 66.4 Å². The minimum atomic E-state index is -3.55. The van der Waals surface area contributed by atoms with E-state index in [1.807, 2.05) is 0 Å². The van der Waals surface area contributed by atoms with Gasteiger partial charge in [0.15, 0.2) is 0 Å². The molecule has 2 N–H and O–H groups in total. The molecular weight excluding hydrogens is 301 g/mol. The molecule has 1 aromatic heterocycles. The number of nitrogens with one attached hydrogen (secondary N) is 1. The van der Waals surface area contributed by atoms with E-state index in [1.54, 1.807) is 12.1 Å². The Bertz CT molecular complexity index is 665. The van der Waals surface area contributed by atoms with Crippen LogP contribution in [0.5, 0.6) is 0 Å². The van der Waals surface area contributed by atoms with Crippen LogP contribution in [0.4, 0.5) is 4.39 Å². The molecule has 0 aliphatic carbocycles. The van der Waals surface area contributed by atoms with Crippen LogP contribution in [0.15, 0.2) is 40.6 Å². The first-order valence-corrected chi connectivity index (χ1v) is 8.30. The number of halogens is 1. The van der Waals surface area contributed by atoms with Crippen molar-refractivity contribution in [3.05, 3.63) is 52.0 Å². The van der Waals surface area contributed by atoms with Crippen LogP contribution >= 0.6 is 11.3 Å². The summed E-state index contributed by atoms with van der Waals surface area (Å²) in [6.07, 6.45) is 0.483. The molecule has 0 spiro atoms. The molecule has 1 aromatic carbocycles. The summed E-state index contributed by atoms with van der Waals surface area (Å²) in [5.74, 6) is -0.316. The standard InChI is InChI=1S/C13H14FNO3S2/c14-11-3-1-10(2-4-11)5-6-15-20(17,18)13-7-12(8-16)19-9-13/h1-4,7,9,15-16H,5-6,8H2. The SMILES string of the molecule is O=S(=O)(NCCc1ccc(F)cc1)c1csc(CO)c1. The Kier molecular flexibility index (Phi) is 4.87. The zero-order chi connectivity index (χ0) is 14.6. The van der Waals surface area contributed by atoms with Crippen LogP contribution in [0.2, 0.25) is 0 Å². The van der Waals surface area contributed by atoms with Crippen molar-refractivity contribution < 1.29 is 17.9 Å². The van der Waals surface area contributed by atoms with Crippen molar-refractivity contribution in [3.63, 3.8) is 0 Å². The van der Waals surface area contributed by atoms with Crippen LogP contribution in [0.1, 0.15) is 10.4 Å². The first-order valence-electron chi connectivity index (χ1n) is 5.93. The van der Waals surface area contributed by atoms with Crippen LogP contribution in [-0.4, -0.2) is 20.1 Å². The van der Waals surface area contributed by atoms with Crippen molar-refractivity contribution in [2.45, 2.75) is 17.9 Å². The highest BCUT2D eigenvalue weighted by molar-refractivity contribution is 7.89. The normalized spacial score (nSPS) is 11.7. The van der Waals surface area contributed by atoms with Gasteiger partial charge in [-0.3, -0.25) is 0 Å². The maximum Gasteiger partial charge on any atom is 0.241 e. The van der Waals surface area contributed by atoms with Gasteiger partial charge >= 0.3 is 0 Å². The molecule has 0 atom stereocenters. The average molecular weight is 315 g/mol. The summed E-state index contributed by atoms with van der Waals surface area (Å²) < 4.78 is 39.1. The number of rotatable bonds is 6. The second-order valence-electron chi connectivity index (χ2n) is 4.18. The monoisotopic (exact) mass is 315 g/mol. The number of aliphatic hydroxyl groups is 1. The molecule has 20 heavy (non-hydrogen) atoms. The third kappa shape index (κ3) is 3.86. The molecule has 0 unspecified atom stereocenters. The molecule has 4 nitrogen and oxygen atoms in total. The highest BCUT2D eigenvalue weighted by Crippen LogP contribution is 2.18. The third-order valence-corrected chi connectivity index (χ3v) is 5.23. The summed E-state index contributed by atoms with van der Waals surface area (Å²) in [4.78, 5) is 0.759. The quantitative estimate of drug-likeness (QED) is 0.855.